The third kappa shape index (κ3) is 5.42. The molecule has 0 aromatic heterocycles. The molecule has 32 heavy (non-hydrogen) atoms. The molecule has 1 atom stereocenters. The summed E-state index contributed by atoms with van der Waals surface area (Å²) in [6, 6.07) is 11.8. The van der Waals surface area contributed by atoms with Crippen molar-refractivity contribution in [2.24, 2.45) is 5.73 Å². The van der Waals surface area contributed by atoms with Gasteiger partial charge < -0.3 is 15.8 Å². The monoisotopic (exact) mass is 442 g/mol. The minimum absolute atomic E-state index is 0.204. The predicted molar refractivity (Wildman–Crippen MR) is 118 cm³/mol. The Bertz CT molecular complexity index is 1020. The summed E-state index contributed by atoms with van der Waals surface area (Å²) >= 11 is 0. The molecule has 9 heteroatoms. The van der Waals surface area contributed by atoms with Crippen molar-refractivity contribution in [2.45, 2.75) is 39.0 Å². The molecule has 2 aromatic carbocycles. The van der Waals surface area contributed by atoms with Gasteiger partial charge in [0.15, 0.2) is 0 Å². The second-order valence-corrected chi connectivity index (χ2v) is 8.26. The number of nitrogens with zero attached hydrogens (tertiary/aromatic N) is 1. The molecule has 8 nitrogen and oxygen atoms in total. The summed E-state index contributed by atoms with van der Waals surface area (Å²) in [5, 5.41) is 5.69. The number of anilines is 1. The number of nitrogens with two attached hydrogens (primary N) is 1. The maximum absolute atomic E-state index is 14.9. The number of rotatable bonds is 8. The summed E-state index contributed by atoms with van der Waals surface area (Å²) < 4.78 is 20.1. The average Bonchev–Trinajstić information content (AvgIpc) is 3.11. The van der Waals surface area contributed by atoms with Crippen molar-refractivity contribution in [1.29, 1.82) is 0 Å². The van der Waals surface area contributed by atoms with Gasteiger partial charge in [-0.3, -0.25) is 19.8 Å². The third-order valence-electron chi connectivity index (χ3n) is 5.33. The first-order valence-corrected chi connectivity index (χ1v) is 10.2. The fourth-order valence-corrected chi connectivity index (χ4v) is 3.21. The fourth-order valence-electron chi connectivity index (χ4n) is 3.21. The molecule has 1 heterocycles. The molecular formula is C23H27FN4O4. The van der Waals surface area contributed by atoms with Crippen LogP contribution < -0.4 is 21.3 Å². The van der Waals surface area contributed by atoms with Gasteiger partial charge in [0.2, 0.25) is 11.8 Å². The Kier molecular flexibility index (Phi) is 6.78. The maximum atomic E-state index is 14.9. The Labute approximate surface area is 185 Å². The molecule has 0 aliphatic carbocycles. The second-order valence-electron chi connectivity index (χ2n) is 8.26. The summed E-state index contributed by atoms with van der Waals surface area (Å²) in [5.41, 5.74) is 6.91. The van der Waals surface area contributed by atoms with Gasteiger partial charge in [-0.05, 0) is 43.2 Å². The zero-order chi connectivity index (χ0) is 23.5. The minimum atomic E-state index is -0.835. The van der Waals surface area contributed by atoms with Crippen LogP contribution in [0.2, 0.25) is 0 Å². The number of carbonyl (C=O) groups is 3. The highest BCUT2D eigenvalue weighted by Crippen LogP contribution is 2.29. The molecule has 0 unspecified atom stereocenters. The molecule has 3 amide bonds. The lowest BCUT2D eigenvalue weighted by molar-refractivity contribution is -0.123. The van der Waals surface area contributed by atoms with E-state index < -0.39 is 29.5 Å². The highest BCUT2D eigenvalue weighted by atomic mass is 19.1. The zero-order valence-corrected chi connectivity index (χ0v) is 18.3. The van der Waals surface area contributed by atoms with Crippen LogP contribution in [0.1, 0.15) is 26.3 Å². The number of cyclic esters (lactones) is 1. The topological polar surface area (TPSA) is 114 Å². The molecule has 1 aliphatic rings. The van der Waals surface area contributed by atoms with Gasteiger partial charge in [0.05, 0.1) is 24.3 Å². The first-order chi connectivity index (χ1) is 15.1. The molecule has 1 aliphatic heterocycles. The van der Waals surface area contributed by atoms with Gasteiger partial charge in [-0.2, -0.15) is 0 Å². The van der Waals surface area contributed by atoms with Crippen molar-refractivity contribution in [2.75, 3.05) is 18.0 Å². The quantitative estimate of drug-likeness (QED) is 0.581. The van der Waals surface area contributed by atoms with E-state index in [4.69, 9.17) is 10.5 Å². The highest BCUT2D eigenvalue weighted by Gasteiger charge is 2.32. The summed E-state index contributed by atoms with van der Waals surface area (Å²) in [4.78, 5) is 35.9. The Morgan fingerprint density at radius 1 is 1.22 bits per heavy atom. The van der Waals surface area contributed by atoms with Crippen LogP contribution in [0.4, 0.5) is 14.9 Å². The van der Waals surface area contributed by atoms with Crippen molar-refractivity contribution in [3.05, 3.63) is 53.8 Å². The van der Waals surface area contributed by atoms with E-state index >= 15 is 0 Å². The number of halogens is 1. The lowest BCUT2D eigenvalue weighted by Gasteiger charge is -2.22. The van der Waals surface area contributed by atoms with Gasteiger partial charge in [0.1, 0.15) is 11.9 Å². The van der Waals surface area contributed by atoms with Crippen molar-refractivity contribution in [3.8, 4) is 11.1 Å². The predicted octanol–water partition coefficient (Wildman–Crippen LogP) is 2.31. The van der Waals surface area contributed by atoms with Gasteiger partial charge in [0.25, 0.3) is 0 Å². The van der Waals surface area contributed by atoms with Crippen LogP contribution >= 0.6 is 0 Å². The van der Waals surface area contributed by atoms with Crippen molar-refractivity contribution < 1.29 is 23.5 Å². The summed E-state index contributed by atoms with van der Waals surface area (Å²) in [7, 11) is 0. The number of hydrogen-bond donors (Lipinski definition) is 3. The summed E-state index contributed by atoms with van der Waals surface area (Å²) in [6.45, 7) is 5.66. The van der Waals surface area contributed by atoms with Crippen LogP contribution in [0.5, 0.6) is 0 Å². The highest BCUT2D eigenvalue weighted by molar-refractivity contribution is 5.90. The molecule has 2 aromatic rings. The van der Waals surface area contributed by atoms with Crippen LogP contribution in [0, 0.1) is 5.82 Å². The van der Waals surface area contributed by atoms with Crippen LogP contribution in [-0.4, -0.2) is 42.6 Å². The molecule has 0 saturated carbocycles. The number of nitrogens with one attached hydrogen (secondary N) is 2. The Morgan fingerprint density at radius 2 is 1.91 bits per heavy atom. The minimum Gasteiger partial charge on any atom is -0.442 e. The van der Waals surface area contributed by atoms with E-state index in [1.165, 1.54) is 17.9 Å². The van der Waals surface area contributed by atoms with Gasteiger partial charge in [-0.25, -0.2) is 9.18 Å². The standard InChI is InChI=1S/C23H27FN4O4/c1-14(29)26-12-18-13-28(22(31)32-18)17-8-9-19(20(24)10-17)16-6-4-15(5-7-16)11-27-23(2,3)21(25)30/h4-10,18,27H,11-13H2,1-3H3,(H2,25,30)(H,26,29)/t18-/m0/s1. The average molecular weight is 442 g/mol. The molecule has 0 spiro atoms. The number of benzene rings is 2. The summed E-state index contributed by atoms with van der Waals surface area (Å²) in [6.07, 6.45) is -1.07. The molecule has 1 saturated heterocycles. The van der Waals surface area contributed by atoms with E-state index in [0.29, 0.717) is 23.4 Å². The normalized spacial score (nSPS) is 16.1. The van der Waals surface area contributed by atoms with Crippen LogP contribution in [0.15, 0.2) is 42.5 Å². The van der Waals surface area contributed by atoms with E-state index in [1.807, 2.05) is 12.1 Å². The summed E-state index contributed by atoms with van der Waals surface area (Å²) in [5.74, 6) is -1.13. The maximum Gasteiger partial charge on any atom is 0.414 e. The van der Waals surface area contributed by atoms with Crippen molar-refractivity contribution >= 4 is 23.6 Å². The number of carbonyl (C=O) groups excluding carboxylic acids is 3. The van der Waals surface area contributed by atoms with Gasteiger partial charge in [-0.1, -0.05) is 24.3 Å². The van der Waals surface area contributed by atoms with Crippen molar-refractivity contribution in [3.63, 3.8) is 0 Å². The Balaban J connectivity index is 1.68. The molecule has 0 bridgehead atoms. The smallest absolute Gasteiger partial charge is 0.414 e. The van der Waals surface area contributed by atoms with Crippen LogP contribution in [0.3, 0.4) is 0 Å². The number of amides is 3. The number of primary amides is 1. The third-order valence-corrected chi connectivity index (χ3v) is 5.33. The molecular weight excluding hydrogens is 415 g/mol. The Hall–Kier alpha value is -3.46. The molecule has 4 N–H and O–H groups in total. The van der Waals surface area contributed by atoms with Crippen molar-refractivity contribution in [1.82, 2.24) is 10.6 Å². The van der Waals surface area contributed by atoms with E-state index in [9.17, 15) is 18.8 Å². The van der Waals surface area contributed by atoms with Crippen LogP contribution in [-0.2, 0) is 20.9 Å². The van der Waals surface area contributed by atoms with E-state index in [1.54, 1.807) is 38.1 Å². The van der Waals surface area contributed by atoms with Crippen LogP contribution in [0.25, 0.3) is 11.1 Å². The SMILES string of the molecule is CC(=O)NC[C@H]1CN(c2ccc(-c3ccc(CNC(C)(C)C(N)=O)cc3)c(F)c2)C(=O)O1. The first-order valence-electron chi connectivity index (χ1n) is 10.2. The first kappa shape index (κ1) is 23.2. The lowest BCUT2D eigenvalue weighted by atomic mass is 10.0. The van der Waals surface area contributed by atoms with Gasteiger partial charge in [0, 0.05) is 19.0 Å². The molecule has 3 rings (SSSR count). The molecule has 0 radical (unpaired) electrons. The molecule has 170 valence electrons. The zero-order valence-electron chi connectivity index (χ0n) is 18.3. The largest absolute Gasteiger partial charge is 0.442 e. The second kappa shape index (κ2) is 9.35. The lowest BCUT2D eigenvalue weighted by Crippen LogP contribution is -2.50. The van der Waals surface area contributed by atoms with E-state index in [-0.39, 0.29) is 19.0 Å². The van der Waals surface area contributed by atoms with E-state index in [0.717, 1.165) is 5.56 Å². The number of hydrogen-bond acceptors (Lipinski definition) is 5. The Morgan fingerprint density at radius 3 is 2.50 bits per heavy atom. The van der Waals surface area contributed by atoms with E-state index in [2.05, 4.69) is 10.6 Å². The van der Waals surface area contributed by atoms with Gasteiger partial charge >= 0.3 is 6.09 Å². The number of ether oxygens (including phenoxy) is 1. The fraction of sp³-hybridized carbons (Fsp3) is 0.348. The van der Waals surface area contributed by atoms with Gasteiger partial charge in [-0.15, -0.1) is 0 Å². The molecule has 1 fully saturated rings.